The minimum atomic E-state index is -0.263. The van der Waals surface area contributed by atoms with Gasteiger partial charge in [-0.15, -0.1) is 0 Å². The number of aromatic nitrogens is 3. The van der Waals surface area contributed by atoms with Gasteiger partial charge in [-0.25, -0.2) is 9.07 Å². The molecule has 0 atom stereocenters. The van der Waals surface area contributed by atoms with Crippen LogP contribution in [0.15, 0.2) is 59.5 Å². The number of hydrogen-bond donors (Lipinski definition) is 0. The molecule has 3 rings (SSSR count). The highest BCUT2D eigenvalue weighted by atomic mass is 79.9. The van der Waals surface area contributed by atoms with Gasteiger partial charge in [0.25, 0.3) is 0 Å². The lowest BCUT2D eigenvalue weighted by atomic mass is 10.2. The quantitative estimate of drug-likeness (QED) is 0.719. The minimum absolute atomic E-state index is 0.263. The van der Waals surface area contributed by atoms with Crippen LogP contribution in [-0.4, -0.2) is 14.8 Å². The van der Waals surface area contributed by atoms with E-state index < -0.39 is 0 Å². The molecule has 0 unspecified atom stereocenters. The molecule has 3 nitrogen and oxygen atoms in total. The molecule has 0 saturated carbocycles. The summed E-state index contributed by atoms with van der Waals surface area (Å²) in [7, 11) is 0. The van der Waals surface area contributed by atoms with Gasteiger partial charge in [0.2, 0.25) is 0 Å². The standard InChI is InChI=1S/C14H9BrFN3/c15-14-9-13(10-5-7-17-8-6-10)19(18-14)12-3-1-11(16)2-4-12/h1-9H. The Hall–Kier alpha value is -2.01. The molecule has 19 heavy (non-hydrogen) atoms. The van der Waals surface area contributed by atoms with Crippen molar-refractivity contribution >= 4 is 15.9 Å². The van der Waals surface area contributed by atoms with E-state index in [1.807, 2.05) is 18.2 Å². The van der Waals surface area contributed by atoms with Gasteiger partial charge in [0.15, 0.2) is 0 Å². The lowest BCUT2D eigenvalue weighted by Gasteiger charge is -2.07. The third-order valence-corrected chi connectivity index (χ3v) is 3.11. The van der Waals surface area contributed by atoms with E-state index in [4.69, 9.17) is 0 Å². The summed E-state index contributed by atoms with van der Waals surface area (Å²) < 4.78 is 15.5. The van der Waals surface area contributed by atoms with E-state index in [1.165, 1.54) is 12.1 Å². The molecule has 0 bridgehead atoms. The minimum Gasteiger partial charge on any atom is -0.265 e. The molecule has 94 valence electrons. The summed E-state index contributed by atoms with van der Waals surface area (Å²) in [5.74, 6) is -0.263. The topological polar surface area (TPSA) is 30.7 Å². The average molecular weight is 318 g/mol. The van der Waals surface area contributed by atoms with Crippen molar-refractivity contribution in [2.45, 2.75) is 0 Å². The molecule has 0 amide bonds. The van der Waals surface area contributed by atoms with E-state index >= 15 is 0 Å². The fourth-order valence-electron chi connectivity index (χ4n) is 1.86. The van der Waals surface area contributed by atoms with E-state index in [2.05, 4.69) is 26.0 Å². The molecule has 2 aromatic heterocycles. The second-order valence-corrected chi connectivity index (χ2v) is 4.79. The van der Waals surface area contributed by atoms with Gasteiger partial charge in [0.05, 0.1) is 11.4 Å². The van der Waals surface area contributed by atoms with E-state index in [0.717, 1.165) is 21.5 Å². The first-order valence-corrected chi connectivity index (χ1v) is 6.45. The van der Waals surface area contributed by atoms with Crippen LogP contribution in [0, 0.1) is 5.82 Å². The second kappa shape index (κ2) is 4.93. The van der Waals surface area contributed by atoms with Gasteiger partial charge in [0, 0.05) is 18.0 Å². The van der Waals surface area contributed by atoms with Crippen LogP contribution in [0.3, 0.4) is 0 Å². The lowest BCUT2D eigenvalue weighted by molar-refractivity contribution is 0.627. The van der Waals surface area contributed by atoms with Crippen LogP contribution in [0.25, 0.3) is 16.9 Å². The van der Waals surface area contributed by atoms with Gasteiger partial charge < -0.3 is 0 Å². The van der Waals surface area contributed by atoms with Crippen LogP contribution in [0.4, 0.5) is 4.39 Å². The van der Waals surface area contributed by atoms with E-state index in [9.17, 15) is 4.39 Å². The largest absolute Gasteiger partial charge is 0.265 e. The molecule has 0 saturated heterocycles. The van der Waals surface area contributed by atoms with Crippen molar-refractivity contribution in [2.75, 3.05) is 0 Å². The van der Waals surface area contributed by atoms with Crippen molar-refractivity contribution in [3.8, 4) is 16.9 Å². The van der Waals surface area contributed by atoms with E-state index in [-0.39, 0.29) is 5.82 Å². The van der Waals surface area contributed by atoms with E-state index in [0.29, 0.717) is 0 Å². The Bertz CT molecular complexity index is 692. The zero-order valence-electron chi connectivity index (χ0n) is 9.79. The number of benzene rings is 1. The smallest absolute Gasteiger partial charge is 0.129 e. The molecule has 0 aliphatic rings. The van der Waals surface area contributed by atoms with Gasteiger partial charge in [0.1, 0.15) is 10.4 Å². The third kappa shape index (κ3) is 2.42. The molecule has 0 N–H and O–H groups in total. The van der Waals surface area contributed by atoms with Crippen molar-refractivity contribution < 1.29 is 4.39 Å². The SMILES string of the molecule is Fc1ccc(-n2nc(Br)cc2-c2ccncc2)cc1. The Morgan fingerprint density at radius 2 is 1.68 bits per heavy atom. The van der Waals surface area contributed by atoms with Crippen LogP contribution in [0.5, 0.6) is 0 Å². The highest BCUT2D eigenvalue weighted by molar-refractivity contribution is 9.10. The zero-order valence-corrected chi connectivity index (χ0v) is 11.4. The van der Waals surface area contributed by atoms with Crippen LogP contribution in [0.1, 0.15) is 0 Å². The third-order valence-electron chi connectivity index (χ3n) is 2.73. The summed E-state index contributed by atoms with van der Waals surface area (Å²) in [6.45, 7) is 0. The molecule has 0 radical (unpaired) electrons. The van der Waals surface area contributed by atoms with Crippen molar-refractivity contribution in [3.63, 3.8) is 0 Å². The fraction of sp³-hybridized carbons (Fsp3) is 0. The monoisotopic (exact) mass is 317 g/mol. The number of hydrogen-bond acceptors (Lipinski definition) is 2. The molecule has 3 aromatic rings. The summed E-state index contributed by atoms with van der Waals surface area (Å²) in [5, 5.41) is 4.38. The predicted molar refractivity (Wildman–Crippen MR) is 74.5 cm³/mol. The zero-order chi connectivity index (χ0) is 13.2. The molecule has 0 spiro atoms. The molecular weight excluding hydrogens is 309 g/mol. The van der Waals surface area contributed by atoms with Crippen molar-refractivity contribution in [1.82, 2.24) is 14.8 Å². The Morgan fingerprint density at radius 3 is 2.37 bits per heavy atom. The Morgan fingerprint density at radius 1 is 1.00 bits per heavy atom. The molecular formula is C14H9BrFN3. The molecule has 0 aliphatic heterocycles. The second-order valence-electron chi connectivity index (χ2n) is 3.98. The number of rotatable bonds is 2. The molecule has 0 aliphatic carbocycles. The predicted octanol–water partition coefficient (Wildman–Crippen LogP) is 3.84. The highest BCUT2D eigenvalue weighted by Gasteiger charge is 2.10. The Balaban J connectivity index is 2.15. The summed E-state index contributed by atoms with van der Waals surface area (Å²) in [6.07, 6.45) is 3.45. The van der Waals surface area contributed by atoms with Crippen molar-refractivity contribution in [2.24, 2.45) is 0 Å². The molecule has 5 heteroatoms. The highest BCUT2D eigenvalue weighted by Crippen LogP contribution is 2.25. The maximum absolute atomic E-state index is 13.0. The van der Waals surface area contributed by atoms with Crippen LogP contribution in [0.2, 0.25) is 0 Å². The van der Waals surface area contributed by atoms with Crippen LogP contribution >= 0.6 is 15.9 Å². The van der Waals surface area contributed by atoms with E-state index in [1.54, 1.807) is 29.2 Å². The fourth-order valence-corrected chi connectivity index (χ4v) is 2.24. The van der Waals surface area contributed by atoms with Gasteiger partial charge in [-0.1, -0.05) is 0 Å². The van der Waals surface area contributed by atoms with Crippen molar-refractivity contribution in [3.05, 3.63) is 65.3 Å². The maximum atomic E-state index is 13.0. The number of halogens is 2. The number of pyridine rings is 1. The summed E-state index contributed by atoms with van der Waals surface area (Å²) in [6, 6.07) is 12.0. The number of nitrogens with zero attached hydrogens (tertiary/aromatic N) is 3. The normalized spacial score (nSPS) is 10.6. The van der Waals surface area contributed by atoms with Crippen LogP contribution in [-0.2, 0) is 0 Å². The van der Waals surface area contributed by atoms with Crippen LogP contribution < -0.4 is 0 Å². The van der Waals surface area contributed by atoms with Gasteiger partial charge in [-0.2, -0.15) is 5.10 Å². The molecule has 0 fully saturated rings. The van der Waals surface area contributed by atoms with Gasteiger partial charge >= 0.3 is 0 Å². The Kier molecular flexibility index (Phi) is 3.13. The summed E-state index contributed by atoms with van der Waals surface area (Å²) in [5.41, 5.74) is 2.72. The first kappa shape index (κ1) is 12.0. The summed E-state index contributed by atoms with van der Waals surface area (Å²) in [4.78, 5) is 4.00. The lowest BCUT2D eigenvalue weighted by Crippen LogP contribution is -1.99. The maximum Gasteiger partial charge on any atom is 0.129 e. The van der Waals surface area contributed by atoms with Gasteiger partial charge in [-0.05, 0) is 58.4 Å². The first-order valence-electron chi connectivity index (χ1n) is 5.66. The molecule has 2 heterocycles. The first-order chi connectivity index (χ1) is 9.24. The molecule has 1 aromatic carbocycles. The average Bonchev–Trinajstić information content (AvgIpc) is 2.83. The Labute approximate surface area is 117 Å². The van der Waals surface area contributed by atoms with Gasteiger partial charge in [-0.3, -0.25) is 4.98 Å². The summed E-state index contributed by atoms with van der Waals surface area (Å²) >= 11 is 3.37. The van der Waals surface area contributed by atoms with Crippen molar-refractivity contribution in [1.29, 1.82) is 0 Å².